The highest BCUT2D eigenvalue weighted by molar-refractivity contribution is 5.90. The predicted octanol–water partition coefficient (Wildman–Crippen LogP) is 2.06. The second-order valence-electron chi connectivity index (χ2n) is 3.16. The lowest BCUT2D eigenvalue weighted by Crippen LogP contribution is -1.90. The average Bonchev–Trinajstić information content (AvgIpc) is 2.18. The quantitative estimate of drug-likeness (QED) is 0.695. The number of phenols is 1. The van der Waals surface area contributed by atoms with Crippen LogP contribution in [0.2, 0.25) is 0 Å². The first-order chi connectivity index (χ1) is 6.72. The van der Waals surface area contributed by atoms with E-state index in [1.807, 2.05) is 6.92 Å². The molecule has 3 heteroatoms. The molecule has 0 fully saturated rings. The Morgan fingerprint density at radius 2 is 2.21 bits per heavy atom. The van der Waals surface area contributed by atoms with Crippen LogP contribution < -0.4 is 0 Å². The van der Waals surface area contributed by atoms with E-state index in [1.165, 1.54) is 6.20 Å². The summed E-state index contributed by atoms with van der Waals surface area (Å²) >= 11 is 0. The molecule has 0 bridgehead atoms. The maximum atomic E-state index is 10.6. The molecular weight excluding hydrogens is 178 g/mol. The number of hydrogen-bond acceptors (Lipinski definition) is 3. The standard InChI is InChI=1S/C11H9NO2/c1-7-8(6-13)5-12-11-4-9(14)2-3-10(7)11/h2-6,14H,1H3. The molecule has 1 aromatic carbocycles. The zero-order chi connectivity index (χ0) is 10.1. The fraction of sp³-hybridized carbons (Fsp3) is 0.0909. The van der Waals surface area contributed by atoms with Crippen LogP contribution in [0.1, 0.15) is 15.9 Å². The normalized spacial score (nSPS) is 10.4. The summed E-state index contributed by atoms with van der Waals surface area (Å²) in [7, 11) is 0. The molecule has 0 amide bonds. The van der Waals surface area contributed by atoms with E-state index in [9.17, 15) is 9.90 Å². The van der Waals surface area contributed by atoms with Gasteiger partial charge in [0.1, 0.15) is 5.75 Å². The van der Waals surface area contributed by atoms with Crippen molar-refractivity contribution in [2.75, 3.05) is 0 Å². The van der Waals surface area contributed by atoms with Crippen molar-refractivity contribution in [2.45, 2.75) is 6.92 Å². The molecule has 0 saturated heterocycles. The fourth-order valence-electron chi connectivity index (χ4n) is 1.45. The molecule has 2 rings (SSSR count). The summed E-state index contributed by atoms with van der Waals surface area (Å²) < 4.78 is 0. The molecule has 1 N–H and O–H groups in total. The largest absolute Gasteiger partial charge is 0.508 e. The number of carbonyl (C=O) groups is 1. The van der Waals surface area contributed by atoms with Crippen LogP contribution in [0.25, 0.3) is 10.9 Å². The van der Waals surface area contributed by atoms with Gasteiger partial charge in [0.25, 0.3) is 0 Å². The molecule has 0 saturated carbocycles. The highest BCUT2D eigenvalue weighted by atomic mass is 16.3. The van der Waals surface area contributed by atoms with Crippen LogP contribution >= 0.6 is 0 Å². The van der Waals surface area contributed by atoms with Gasteiger partial charge in [-0.25, -0.2) is 0 Å². The van der Waals surface area contributed by atoms with E-state index in [0.717, 1.165) is 17.2 Å². The number of aromatic hydroxyl groups is 1. The van der Waals surface area contributed by atoms with Crippen molar-refractivity contribution in [2.24, 2.45) is 0 Å². The average molecular weight is 187 g/mol. The molecule has 2 aromatic rings. The lowest BCUT2D eigenvalue weighted by atomic mass is 10.1. The molecule has 0 unspecified atom stereocenters. The Balaban J connectivity index is 2.83. The fourth-order valence-corrected chi connectivity index (χ4v) is 1.45. The first kappa shape index (κ1) is 8.69. The van der Waals surface area contributed by atoms with Crippen molar-refractivity contribution in [3.63, 3.8) is 0 Å². The Kier molecular flexibility index (Phi) is 1.93. The van der Waals surface area contributed by atoms with Crippen LogP contribution in [0.15, 0.2) is 24.4 Å². The smallest absolute Gasteiger partial charge is 0.151 e. The Labute approximate surface area is 81.0 Å². The van der Waals surface area contributed by atoms with E-state index in [-0.39, 0.29) is 5.75 Å². The van der Waals surface area contributed by atoms with E-state index >= 15 is 0 Å². The molecule has 0 radical (unpaired) electrons. The third-order valence-electron chi connectivity index (χ3n) is 2.29. The molecule has 1 aromatic heterocycles. The predicted molar refractivity (Wildman–Crippen MR) is 53.5 cm³/mol. The third kappa shape index (κ3) is 1.23. The maximum absolute atomic E-state index is 10.6. The Morgan fingerprint density at radius 1 is 1.43 bits per heavy atom. The molecule has 3 nitrogen and oxygen atoms in total. The van der Waals surface area contributed by atoms with Gasteiger partial charge < -0.3 is 5.11 Å². The Bertz CT molecular complexity index is 506. The molecule has 0 spiro atoms. The van der Waals surface area contributed by atoms with E-state index in [4.69, 9.17) is 0 Å². The Morgan fingerprint density at radius 3 is 2.93 bits per heavy atom. The summed E-state index contributed by atoms with van der Waals surface area (Å²) in [5, 5.41) is 10.1. The van der Waals surface area contributed by atoms with E-state index in [1.54, 1.807) is 18.2 Å². The van der Waals surface area contributed by atoms with Crippen molar-refractivity contribution in [3.05, 3.63) is 35.5 Å². The van der Waals surface area contributed by atoms with Gasteiger partial charge in [0.15, 0.2) is 6.29 Å². The van der Waals surface area contributed by atoms with Gasteiger partial charge in [0.05, 0.1) is 5.52 Å². The van der Waals surface area contributed by atoms with Crippen LogP contribution in [0.4, 0.5) is 0 Å². The van der Waals surface area contributed by atoms with Crippen LogP contribution in [0.5, 0.6) is 5.75 Å². The SMILES string of the molecule is Cc1c(C=O)cnc2cc(O)ccc12. The second kappa shape index (κ2) is 3.10. The number of benzene rings is 1. The van der Waals surface area contributed by atoms with Crippen LogP contribution in [0, 0.1) is 6.92 Å². The summed E-state index contributed by atoms with van der Waals surface area (Å²) in [4.78, 5) is 14.7. The number of rotatable bonds is 1. The number of fused-ring (bicyclic) bond motifs is 1. The van der Waals surface area contributed by atoms with Crippen LogP contribution in [-0.2, 0) is 0 Å². The topological polar surface area (TPSA) is 50.2 Å². The first-order valence-electron chi connectivity index (χ1n) is 4.26. The zero-order valence-corrected chi connectivity index (χ0v) is 7.69. The van der Waals surface area contributed by atoms with Gasteiger partial charge >= 0.3 is 0 Å². The summed E-state index contributed by atoms with van der Waals surface area (Å²) in [5.74, 6) is 0.184. The highest BCUT2D eigenvalue weighted by Gasteiger charge is 2.04. The molecule has 0 aliphatic heterocycles. The van der Waals surface area contributed by atoms with Gasteiger partial charge in [0.2, 0.25) is 0 Å². The van der Waals surface area contributed by atoms with Gasteiger partial charge in [-0.15, -0.1) is 0 Å². The number of aryl methyl sites for hydroxylation is 1. The lowest BCUT2D eigenvalue weighted by Gasteiger charge is -2.03. The number of aromatic nitrogens is 1. The van der Waals surface area contributed by atoms with Crippen LogP contribution in [0.3, 0.4) is 0 Å². The third-order valence-corrected chi connectivity index (χ3v) is 2.29. The van der Waals surface area contributed by atoms with Crippen molar-refractivity contribution >= 4 is 17.2 Å². The monoisotopic (exact) mass is 187 g/mol. The zero-order valence-electron chi connectivity index (χ0n) is 7.69. The van der Waals surface area contributed by atoms with E-state index in [0.29, 0.717) is 11.1 Å². The van der Waals surface area contributed by atoms with Crippen molar-refractivity contribution < 1.29 is 9.90 Å². The number of aldehydes is 1. The van der Waals surface area contributed by atoms with Crippen LogP contribution in [-0.4, -0.2) is 16.4 Å². The minimum atomic E-state index is 0.184. The van der Waals surface area contributed by atoms with Gasteiger partial charge in [0, 0.05) is 23.2 Å². The van der Waals surface area contributed by atoms with Crippen molar-refractivity contribution in [1.82, 2.24) is 4.98 Å². The molecule has 0 atom stereocenters. The molecule has 0 aliphatic carbocycles. The summed E-state index contributed by atoms with van der Waals surface area (Å²) in [6.07, 6.45) is 2.30. The highest BCUT2D eigenvalue weighted by Crippen LogP contribution is 2.22. The lowest BCUT2D eigenvalue weighted by molar-refractivity contribution is 0.112. The minimum Gasteiger partial charge on any atom is -0.508 e. The van der Waals surface area contributed by atoms with Gasteiger partial charge in [-0.2, -0.15) is 0 Å². The van der Waals surface area contributed by atoms with Gasteiger partial charge in [-0.3, -0.25) is 9.78 Å². The number of carbonyl (C=O) groups excluding carboxylic acids is 1. The van der Waals surface area contributed by atoms with Crippen molar-refractivity contribution in [1.29, 1.82) is 0 Å². The molecule has 70 valence electrons. The molecular formula is C11H9NO2. The maximum Gasteiger partial charge on any atom is 0.151 e. The molecule has 14 heavy (non-hydrogen) atoms. The summed E-state index contributed by atoms with van der Waals surface area (Å²) in [6.45, 7) is 1.87. The number of nitrogens with zero attached hydrogens (tertiary/aromatic N) is 1. The van der Waals surface area contributed by atoms with Gasteiger partial charge in [-0.05, 0) is 24.6 Å². The second-order valence-corrected chi connectivity index (χ2v) is 3.16. The summed E-state index contributed by atoms with van der Waals surface area (Å²) in [6, 6.07) is 4.93. The van der Waals surface area contributed by atoms with Gasteiger partial charge in [-0.1, -0.05) is 0 Å². The molecule has 0 aliphatic rings. The number of pyridine rings is 1. The van der Waals surface area contributed by atoms with E-state index < -0.39 is 0 Å². The van der Waals surface area contributed by atoms with Crippen molar-refractivity contribution in [3.8, 4) is 5.75 Å². The minimum absolute atomic E-state index is 0.184. The Hall–Kier alpha value is -1.90. The van der Waals surface area contributed by atoms with E-state index in [2.05, 4.69) is 4.98 Å². The summed E-state index contributed by atoms with van der Waals surface area (Å²) in [5.41, 5.74) is 2.18. The first-order valence-corrected chi connectivity index (χ1v) is 4.26. The number of phenolic OH excluding ortho intramolecular Hbond substituents is 1. The number of hydrogen-bond donors (Lipinski definition) is 1. The molecule has 1 heterocycles.